The first-order valence-electron chi connectivity index (χ1n) is 7.29. The van der Waals surface area contributed by atoms with Gasteiger partial charge in [0.15, 0.2) is 0 Å². The summed E-state index contributed by atoms with van der Waals surface area (Å²) in [5.74, 6) is -2.52. The molecule has 1 aromatic heterocycles. The van der Waals surface area contributed by atoms with Crippen LogP contribution in [0.3, 0.4) is 0 Å². The standard InChI is InChI=1S/C14H20F4N4/c1-3-11-8-12(20-10(2)19-11)22-6-4-21(5-7-22)9-14(17,18)13(15)16/h8,13H,3-7,9H2,1-2H3. The first-order chi connectivity index (χ1) is 10.3. The molecule has 0 amide bonds. The topological polar surface area (TPSA) is 32.3 Å². The quantitative estimate of drug-likeness (QED) is 0.780. The van der Waals surface area contributed by atoms with Crippen LogP contribution in [0.15, 0.2) is 6.07 Å². The van der Waals surface area contributed by atoms with E-state index in [1.54, 1.807) is 0 Å². The van der Waals surface area contributed by atoms with Crippen molar-refractivity contribution in [2.24, 2.45) is 0 Å². The molecule has 8 heteroatoms. The molecule has 1 aliphatic rings. The van der Waals surface area contributed by atoms with Crippen LogP contribution in [0.25, 0.3) is 0 Å². The van der Waals surface area contributed by atoms with Gasteiger partial charge < -0.3 is 4.90 Å². The molecule has 0 bridgehead atoms. The molecule has 0 spiro atoms. The number of aromatic nitrogens is 2. The van der Waals surface area contributed by atoms with Gasteiger partial charge in [0, 0.05) is 37.9 Å². The normalized spacial score (nSPS) is 17.3. The zero-order chi connectivity index (χ0) is 16.3. The summed E-state index contributed by atoms with van der Waals surface area (Å²) in [6.45, 7) is 4.50. The number of aryl methyl sites for hydroxylation is 2. The Kier molecular flexibility index (Phi) is 5.20. The summed E-state index contributed by atoms with van der Waals surface area (Å²) < 4.78 is 50.6. The van der Waals surface area contributed by atoms with Gasteiger partial charge in [-0.1, -0.05) is 6.92 Å². The molecule has 1 fully saturated rings. The van der Waals surface area contributed by atoms with E-state index in [0.29, 0.717) is 32.0 Å². The SMILES string of the molecule is CCc1cc(N2CCN(CC(F)(F)C(F)F)CC2)nc(C)n1. The maximum absolute atomic E-state index is 13.1. The Morgan fingerprint density at radius 1 is 1.18 bits per heavy atom. The van der Waals surface area contributed by atoms with Crippen LogP contribution in [0.1, 0.15) is 18.4 Å². The zero-order valence-electron chi connectivity index (χ0n) is 12.7. The molecule has 1 aromatic rings. The number of hydrogen-bond donors (Lipinski definition) is 0. The molecule has 124 valence electrons. The van der Waals surface area contributed by atoms with Gasteiger partial charge >= 0.3 is 12.3 Å². The van der Waals surface area contributed by atoms with Crippen LogP contribution in [0, 0.1) is 6.92 Å². The summed E-state index contributed by atoms with van der Waals surface area (Å²) in [4.78, 5) is 12.0. The van der Waals surface area contributed by atoms with Gasteiger partial charge in [0.25, 0.3) is 0 Å². The predicted octanol–water partition coefficient (Wildman–Crippen LogP) is 2.37. The molecule has 1 aliphatic heterocycles. The van der Waals surface area contributed by atoms with Crippen molar-refractivity contribution < 1.29 is 17.6 Å². The molecule has 22 heavy (non-hydrogen) atoms. The third-order valence-electron chi connectivity index (χ3n) is 3.69. The van der Waals surface area contributed by atoms with Crippen molar-refractivity contribution >= 4 is 5.82 Å². The number of anilines is 1. The zero-order valence-corrected chi connectivity index (χ0v) is 12.7. The van der Waals surface area contributed by atoms with Crippen molar-refractivity contribution in [1.82, 2.24) is 14.9 Å². The number of hydrogen-bond acceptors (Lipinski definition) is 4. The molecule has 0 saturated carbocycles. The van der Waals surface area contributed by atoms with Gasteiger partial charge in [-0.15, -0.1) is 0 Å². The smallest absolute Gasteiger partial charge is 0.319 e. The van der Waals surface area contributed by atoms with Gasteiger partial charge in [-0.25, -0.2) is 18.7 Å². The van der Waals surface area contributed by atoms with Gasteiger partial charge in [0.1, 0.15) is 11.6 Å². The van der Waals surface area contributed by atoms with E-state index < -0.39 is 18.9 Å². The summed E-state index contributed by atoms with van der Waals surface area (Å²) in [6, 6.07) is 1.89. The molecule has 4 nitrogen and oxygen atoms in total. The van der Waals surface area contributed by atoms with E-state index in [0.717, 1.165) is 17.9 Å². The number of nitrogens with zero attached hydrogens (tertiary/aromatic N) is 4. The Balaban J connectivity index is 1.96. The van der Waals surface area contributed by atoms with Gasteiger partial charge in [-0.3, -0.25) is 4.90 Å². The largest absolute Gasteiger partial charge is 0.354 e. The van der Waals surface area contributed by atoms with Gasteiger partial charge in [-0.2, -0.15) is 8.78 Å². The Morgan fingerprint density at radius 3 is 2.36 bits per heavy atom. The molecule has 0 radical (unpaired) electrons. The maximum Gasteiger partial charge on any atom is 0.319 e. The summed E-state index contributed by atoms with van der Waals surface area (Å²) in [6.07, 6.45) is -2.83. The first-order valence-corrected chi connectivity index (χ1v) is 7.29. The van der Waals surface area contributed by atoms with E-state index in [-0.39, 0.29) is 0 Å². The van der Waals surface area contributed by atoms with Gasteiger partial charge in [-0.05, 0) is 13.3 Å². The van der Waals surface area contributed by atoms with E-state index in [1.165, 1.54) is 4.90 Å². The monoisotopic (exact) mass is 320 g/mol. The molecular weight excluding hydrogens is 300 g/mol. The van der Waals surface area contributed by atoms with Crippen molar-refractivity contribution in [1.29, 1.82) is 0 Å². The van der Waals surface area contributed by atoms with Crippen LogP contribution in [0.2, 0.25) is 0 Å². The fraction of sp³-hybridized carbons (Fsp3) is 0.714. The Labute approximate surface area is 127 Å². The third-order valence-corrected chi connectivity index (χ3v) is 3.69. The van der Waals surface area contributed by atoms with Crippen molar-refractivity contribution in [3.63, 3.8) is 0 Å². The fourth-order valence-electron chi connectivity index (χ4n) is 2.46. The summed E-state index contributed by atoms with van der Waals surface area (Å²) in [7, 11) is 0. The highest BCUT2D eigenvalue weighted by Crippen LogP contribution is 2.25. The van der Waals surface area contributed by atoms with E-state index in [9.17, 15) is 17.6 Å². The molecule has 0 N–H and O–H groups in total. The second kappa shape index (κ2) is 6.76. The Morgan fingerprint density at radius 2 is 1.82 bits per heavy atom. The fourth-order valence-corrected chi connectivity index (χ4v) is 2.46. The van der Waals surface area contributed by atoms with Crippen molar-refractivity contribution in [3.8, 4) is 0 Å². The number of piperazine rings is 1. The summed E-state index contributed by atoms with van der Waals surface area (Å²) >= 11 is 0. The minimum absolute atomic E-state index is 0.312. The van der Waals surface area contributed by atoms with E-state index in [4.69, 9.17) is 0 Å². The van der Waals surface area contributed by atoms with Gasteiger partial charge in [0.05, 0.1) is 6.54 Å². The Hall–Kier alpha value is -1.44. The second-order valence-electron chi connectivity index (χ2n) is 5.44. The molecule has 0 aliphatic carbocycles. The lowest BCUT2D eigenvalue weighted by molar-refractivity contribution is -0.142. The molecule has 0 unspecified atom stereocenters. The van der Waals surface area contributed by atoms with Crippen molar-refractivity contribution in [3.05, 3.63) is 17.6 Å². The highest BCUT2D eigenvalue weighted by Gasteiger charge is 2.42. The lowest BCUT2D eigenvalue weighted by Gasteiger charge is -2.36. The molecule has 0 atom stereocenters. The highest BCUT2D eigenvalue weighted by atomic mass is 19.3. The highest BCUT2D eigenvalue weighted by molar-refractivity contribution is 5.40. The minimum Gasteiger partial charge on any atom is -0.354 e. The van der Waals surface area contributed by atoms with Crippen molar-refractivity contribution in [2.75, 3.05) is 37.6 Å². The van der Waals surface area contributed by atoms with Gasteiger partial charge in [0.2, 0.25) is 0 Å². The average molecular weight is 320 g/mol. The molecule has 2 rings (SSSR count). The summed E-state index contributed by atoms with van der Waals surface area (Å²) in [5, 5.41) is 0. The van der Waals surface area contributed by atoms with Crippen LogP contribution in [-0.4, -0.2) is 59.9 Å². The van der Waals surface area contributed by atoms with E-state index in [2.05, 4.69) is 9.97 Å². The lowest BCUT2D eigenvalue weighted by atomic mass is 10.2. The first kappa shape index (κ1) is 16.9. The molecule has 2 heterocycles. The van der Waals surface area contributed by atoms with Crippen molar-refractivity contribution in [2.45, 2.75) is 32.6 Å². The third kappa shape index (κ3) is 4.06. The summed E-state index contributed by atoms with van der Waals surface area (Å²) in [5.41, 5.74) is 0.925. The van der Waals surface area contributed by atoms with Crippen LogP contribution >= 0.6 is 0 Å². The lowest BCUT2D eigenvalue weighted by Crippen LogP contribution is -2.51. The molecule has 1 saturated heterocycles. The number of halogens is 4. The number of alkyl halides is 4. The van der Waals surface area contributed by atoms with Crippen LogP contribution in [0.4, 0.5) is 23.4 Å². The predicted molar refractivity (Wildman–Crippen MR) is 75.8 cm³/mol. The second-order valence-corrected chi connectivity index (χ2v) is 5.44. The Bertz CT molecular complexity index is 502. The minimum atomic E-state index is -3.96. The molecular formula is C14H20F4N4. The maximum atomic E-state index is 13.1. The van der Waals surface area contributed by atoms with E-state index in [1.807, 2.05) is 24.8 Å². The molecule has 0 aromatic carbocycles. The van der Waals surface area contributed by atoms with Crippen LogP contribution < -0.4 is 4.90 Å². The number of rotatable bonds is 5. The van der Waals surface area contributed by atoms with Crippen LogP contribution in [0.5, 0.6) is 0 Å². The van der Waals surface area contributed by atoms with Crippen LogP contribution in [-0.2, 0) is 6.42 Å². The van der Waals surface area contributed by atoms with E-state index >= 15 is 0 Å². The average Bonchev–Trinajstić information content (AvgIpc) is 2.46.